The molecule has 0 bridgehead atoms. The number of hydrogen-bond acceptors (Lipinski definition) is 2. The molecule has 1 atom stereocenters. The van der Waals surface area contributed by atoms with Crippen LogP contribution in [0.25, 0.3) is 0 Å². The smallest absolute Gasteiger partial charge is 0.236 e. The number of unbranched alkanes of at least 4 members (excludes halogenated alkanes) is 2. The summed E-state index contributed by atoms with van der Waals surface area (Å²) in [5.74, 6) is 0.122. The highest BCUT2D eigenvalue weighted by atomic mass is 16.2. The molecule has 3 heteroatoms. The van der Waals surface area contributed by atoms with Crippen molar-refractivity contribution in [3.8, 4) is 0 Å². The van der Waals surface area contributed by atoms with Gasteiger partial charge in [0.1, 0.15) is 0 Å². The van der Waals surface area contributed by atoms with Crippen molar-refractivity contribution in [2.45, 2.75) is 58.0 Å². The first kappa shape index (κ1) is 15.0. The average molecular weight is 274 g/mol. The normalized spacial score (nSPS) is 15.9. The molecule has 0 fully saturated rings. The highest BCUT2D eigenvalue weighted by Gasteiger charge is 2.24. The number of fused-ring (bicyclic) bond motifs is 1. The Balaban J connectivity index is 1.73. The minimum absolute atomic E-state index is 0.115. The van der Waals surface area contributed by atoms with E-state index in [1.165, 1.54) is 24.0 Å². The molecule has 0 spiro atoms. The topological polar surface area (TPSA) is 41.1 Å². The van der Waals surface area contributed by atoms with E-state index >= 15 is 0 Å². The Morgan fingerprint density at radius 2 is 1.90 bits per heavy atom. The Morgan fingerprint density at radius 1 is 1.25 bits per heavy atom. The van der Waals surface area contributed by atoms with Crippen LogP contribution in [0.3, 0.4) is 0 Å². The molecule has 0 heterocycles. The van der Waals surface area contributed by atoms with E-state index in [9.17, 15) is 4.79 Å². The van der Waals surface area contributed by atoms with Crippen molar-refractivity contribution in [1.29, 1.82) is 0 Å². The second-order valence-electron chi connectivity index (χ2n) is 5.76. The minimum atomic E-state index is -0.115. The predicted octanol–water partition coefficient (Wildman–Crippen LogP) is 2.44. The van der Waals surface area contributed by atoms with E-state index in [1.807, 2.05) is 6.92 Å². The summed E-state index contributed by atoms with van der Waals surface area (Å²) in [5.41, 5.74) is 2.83. The molecular formula is C17H26N2O. The standard InChI is InChI=1S/C17H26N2O/c1-3-4-7-10-18-17(20)13(2)19-16-11-14-8-5-6-9-15(14)12-16/h5-6,8-9,13,16,19H,3-4,7,10-12H2,1-2H3,(H,18,20). The Kier molecular flexibility index (Phi) is 5.60. The van der Waals surface area contributed by atoms with Gasteiger partial charge >= 0.3 is 0 Å². The second-order valence-corrected chi connectivity index (χ2v) is 5.76. The van der Waals surface area contributed by atoms with Gasteiger partial charge in [-0.2, -0.15) is 0 Å². The maximum absolute atomic E-state index is 12.0. The van der Waals surface area contributed by atoms with Crippen LogP contribution in [0.5, 0.6) is 0 Å². The number of benzene rings is 1. The summed E-state index contributed by atoms with van der Waals surface area (Å²) < 4.78 is 0. The maximum atomic E-state index is 12.0. The quantitative estimate of drug-likeness (QED) is 0.750. The van der Waals surface area contributed by atoms with Gasteiger partial charge in [-0.1, -0.05) is 44.0 Å². The molecule has 0 saturated heterocycles. The first-order valence-electron chi connectivity index (χ1n) is 7.81. The van der Waals surface area contributed by atoms with Gasteiger partial charge in [0.15, 0.2) is 0 Å². The fraction of sp³-hybridized carbons (Fsp3) is 0.588. The van der Waals surface area contributed by atoms with Gasteiger partial charge in [-0.25, -0.2) is 0 Å². The van der Waals surface area contributed by atoms with Crippen LogP contribution in [0.15, 0.2) is 24.3 Å². The van der Waals surface area contributed by atoms with Crippen molar-refractivity contribution in [1.82, 2.24) is 10.6 Å². The molecule has 2 rings (SSSR count). The molecule has 3 nitrogen and oxygen atoms in total. The first-order valence-corrected chi connectivity index (χ1v) is 7.81. The molecule has 110 valence electrons. The van der Waals surface area contributed by atoms with Crippen molar-refractivity contribution in [3.63, 3.8) is 0 Å². The van der Waals surface area contributed by atoms with Gasteiger partial charge in [0.2, 0.25) is 5.91 Å². The maximum Gasteiger partial charge on any atom is 0.236 e. The van der Waals surface area contributed by atoms with Crippen LogP contribution in [0.2, 0.25) is 0 Å². The Hall–Kier alpha value is -1.35. The molecule has 2 N–H and O–H groups in total. The van der Waals surface area contributed by atoms with Gasteiger partial charge in [0.25, 0.3) is 0 Å². The Morgan fingerprint density at radius 3 is 2.50 bits per heavy atom. The molecule has 1 aliphatic carbocycles. The van der Waals surface area contributed by atoms with Crippen molar-refractivity contribution in [2.24, 2.45) is 0 Å². The molecule has 1 unspecified atom stereocenters. The number of nitrogens with one attached hydrogen (secondary N) is 2. The fourth-order valence-electron chi connectivity index (χ4n) is 2.85. The van der Waals surface area contributed by atoms with Crippen LogP contribution in [-0.4, -0.2) is 24.5 Å². The van der Waals surface area contributed by atoms with Crippen LogP contribution in [0, 0.1) is 0 Å². The molecule has 20 heavy (non-hydrogen) atoms. The minimum Gasteiger partial charge on any atom is -0.355 e. The summed E-state index contributed by atoms with van der Waals surface area (Å²) >= 11 is 0. The zero-order valence-corrected chi connectivity index (χ0v) is 12.6. The van der Waals surface area contributed by atoms with E-state index in [4.69, 9.17) is 0 Å². The predicted molar refractivity (Wildman–Crippen MR) is 82.8 cm³/mol. The van der Waals surface area contributed by atoms with Gasteiger partial charge in [-0.05, 0) is 37.3 Å². The third-order valence-electron chi connectivity index (χ3n) is 4.01. The number of rotatable bonds is 7. The van der Waals surface area contributed by atoms with E-state index in [0.29, 0.717) is 6.04 Å². The summed E-state index contributed by atoms with van der Waals surface area (Å²) in [6.07, 6.45) is 5.50. The highest BCUT2D eigenvalue weighted by molar-refractivity contribution is 5.81. The monoisotopic (exact) mass is 274 g/mol. The van der Waals surface area contributed by atoms with Crippen molar-refractivity contribution in [3.05, 3.63) is 35.4 Å². The van der Waals surface area contributed by atoms with Gasteiger partial charge in [0, 0.05) is 12.6 Å². The van der Waals surface area contributed by atoms with Crippen molar-refractivity contribution < 1.29 is 4.79 Å². The van der Waals surface area contributed by atoms with E-state index in [1.54, 1.807) is 0 Å². The molecule has 1 amide bonds. The van der Waals surface area contributed by atoms with Crippen LogP contribution >= 0.6 is 0 Å². The second kappa shape index (κ2) is 7.44. The molecule has 1 aliphatic rings. The number of hydrogen-bond donors (Lipinski definition) is 2. The van der Waals surface area contributed by atoms with Crippen molar-refractivity contribution >= 4 is 5.91 Å². The van der Waals surface area contributed by atoms with Gasteiger partial charge < -0.3 is 10.6 Å². The van der Waals surface area contributed by atoms with Gasteiger partial charge in [-0.15, -0.1) is 0 Å². The summed E-state index contributed by atoms with van der Waals surface area (Å²) in [6.45, 7) is 4.92. The number of carbonyl (C=O) groups excluding carboxylic acids is 1. The summed E-state index contributed by atoms with van der Waals surface area (Å²) in [5, 5.41) is 6.47. The lowest BCUT2D eigenvalue weighted by Crippen LogP contribution is -2.47. The lowest BCUT2D eigenvalue weighted by atomic mass is 10.1. The van der Waals surface area contributed by atoms with Gasteiger partial charge in [-0.3, -0.25) is 4.79 Å². The summed E-state index contributed by atoms with van der Waals surface area (Å²) in [4.78, 5) is 12.0. The third kappa shape index (κ3) is 4.07. The molecule has 1 aromatic carbocycles. The van der Waals surface area contributed by atoms with E-state index in [0.717, 1.165) is 25.8 Å². The molecular weight excluding hydrogens is 248 g/mol. The Labute approximate surface area is 122 Å². The van der Waals surface area contributed by atoms with Crippen LogP contribution in [-0.2, 0) is 17.6 Å². The molecule has 0 aliphatic heterocycles. The zero-order valence-electron chi connectivity index (χ0n) is 12.6. The van der Waals surface area contributed by atoms with Crippen LogP contribution in [0.1, 0.15) is 44.2 Å². The summed E-state index contributed by atoms with van der Waals surface area (Å²) in [6, 6.07) is 8.83. The molecule has 0 aromatic heterocycles. The molecule has 1 aromatic rings. The van der Waals surface area contributed by atoms with E-state index in [-0.39, 0.29) is 11.9 Å². The van der Waals surface area contributed by atoms with Gasteiger partial charge in [0.05, 0.1) is 6.04 Å². The van der Waals surface area contributed by atoms with Crippen molar-refractivity contribution in [2.75, 3.05) is 6.54 Å². The third-order valence-corrected chi connectivity index (χ3v) is 4.01. The zero-order chi connectivity index (χ0) is 14.4. The Bertz CT molecular complexity index is 419. The lowest BCUT2D eigenvalue weighted by molar-refractivity contribution is -0.122. The fourth-order valence-corrected chi connectivity index (χ4v) is 2.85. The summed E-state index contributed by atoms with van der Waals surface area (Å²) in [7, 11) is 0. The first-order chi connectivity index (χ1) is 9.70. The number of carbonyl (C=O) groups is 1. The van der Waals surface area contributed by atoms with Crippen LogP contribution < -0.4 is 10.6 Å². The highest BCUT2D eigenvalue weighted by Crippen LogP contribution is 2.21. The van der Waals surface area contributed by atoms with Crippen LogP contribution in [0.4, 0.5) is 0 Å². The molecule has 0 saturated carbocycles. The largest absolute Gasteiger partial charge is 0.355 e. The van der Waals surface area contributed by atoms with E-state index in [2.05, 4.69) is 41.8 Å². The lowest BCUT2D eigenvalue weighted by Gasteiger charge is -2.18. The molecule has 0 radical (unpaired) electrons. The average Bonchev–Trinajstić information content (AvgIpc) is 2.85. The van der Waals surface area contributed by atoms with E-state index < -0.39 is 0 Å². The SMILES string of the molecule is CCCCCNC(=O)C(C)NC1Cc2ccccc2C1. The number of amides is 1.